The average molecular weight is 531 g/mol. The van der Waals surface area contributed by atoms with Crippen LogP contribution in [0.25, 0.3) is 10.9 Å². The number of para-hydroxylation sites is 2. The van der Waals surface area contributed by atoms with Crippen LogP contribution in [0, 0.1) is 0 Å². The van der Waals surface area contributed by atoms with Crippen molar-refractivity contribution < 1.29 is 17.9 Å². The lowest BCUT2D eigenvalue weighted by atomic mass is 10.1. The maximum absolute atomic E-state index is 13.1. The third-order valence-electron chi connectivity index (χ3n) is 6.60. The number of hydrogen-bond donors (Lipinski definition) is 1. The van der Waals surface area contributed by atoms with Crippen molar-refractivity contribution >= 4 is 32.5 Å². The van der Waals surface area contributed by atoms with Gasteiger partial charge in [-0.2, -0.15) is 0 Å². The van der Waals surface area contributed by atoms with Gasteiger partial charge in [-0.3, -0.25) is 19.4 Å². The molecule has 0 atom stereocenters. The van der Waals surface area contributed by atoms with E-state index < -0.39 is 10.0 Å². The van der Waals surface area contributed by atoms with Gasteiger partial charge in [0.05, 0.1) is 12.1 Å². The molecule has 0 spiro atoms. The van der Waals surface area contributed by atoms with Crippen molar-refractivity contribution in [3.63, 3.8) is 0 Å². The van der Waals surface area contributed by atoms with Crippen molar-refractivity contribution in [3.05, 3.63) is 96.2 Å². The number of pyridine rings is 1. The lowest BCUT2D eigenvalue weighted by Crippen LogP contribution is -2.48. The highest BCUT2D eigenvalue weighted by molar-refractivity contribution is 7.93. The molecule has 4 aromatic rings. The van der Waals surface area contributed by atoms with Gasteiger partial charge in [0.2, 0.25) is 0 Å². The minimum atomic E-state index is -3.85. The molecule has 0 saturated carbocycles. The van der Waals surface area contributed by atoms with Crippen molar-refractivity contribution in [2.75, 3.05) is 37.5 Å². The summed E-state index contributed by atoms with van der Waals surface area (Å²) in [5.41, 5.74) is 2.46. The minimum Gasteiger partial charge on any atom is -0.494 e. The molecule has 1 saturated heterocycles. The molecule has 9 heteroatoms. The van der Waals surface area contributed by atoms with E-state index in [1.807, 2.05) is 42.2 Å². The lowest BCUT2D eigenvalue weighted by Gasteiger charge is -2.35. The molecule has 0 bridgehead atoms. The molecule has 1 aromatic heterocycles. The monoisotopic (exact) mass is 530 g/mol. The number of carbonyl (C=O) groups is 1. The molecule has 1 N–H and O–H groups in total. The molecule has 196 valence electrons. The number of rotatable bonds is 8. The van der Waals surface area contributed by atoms with Gasteiger partial charge in [0.1, 0.15) is 10.6 Å². The largest absolute Gasteiger partial charge is 0.494 e. The number of amides is 1. The molecule has 38 heavy (non-hydrogen) atoms. The maximum Gasteiger partial charge on any atom is 0.264 e. The van der Waals surface area contributed by atoms with Crippen LogP contribution in [-0.2, 0) is 16.6 Å². The number of ether oxygens (including phenoxy) is 1. The first-order valence-electron chi connectivity index (χ1n) is 12.6. The van der Waals surface area contributed by atoms with Gasteiger partial charge in [0.25, 0.3) is 15.9 Å². The topological polar surface area (TPSA) is 91.8 Å². The number of carbonyl (C=O) groups excluding carboxylic acids is 1. The molecule has 0 aliphatic carbocycles. The van der Waals surface area contributed by atoms with Crippen LogP contribution in [0.1, 0.15) is 22.8 Å². The number of sulfonamides is 1. The highest BCUT2D eigenvalue weighted by Crippen LogP contribution is 2.24. The summed E-state index contributed by atoms with van der Waals surface area (Å²) in [5.74, 6) is 0.841. The molecule has 2 heterocycles. The zero-order chi connectivity index (χ0) is 26.5. The van der Waals surface area contributed by atoms with E-state index in [1.165, 1.54) is 6.07 Å². The Morgan fingerprint density at radius 2 is 1.66 bits per heavy atom. The first-order chi connectivity index (χ1) is 18.4. The Bertz CT molecular complexity index is 1530. The van der Waals surface area contributed by atoms with Gasteiger partial charge >= 0.3 is 0 Å². The molecule has 0 unspecified atom stereocenters. The second-order valence-electron chi connectivity index (χ2n) is 9.12. The molecule has 3 aromatic carbocycles. The molecule has 1 amide bonds. The summed E-state index contributed by atoms with van der Waals surface area (Å²) in [6.07, 6.45) is 1.57. The number of aromatic nitrogens is 1. The van der Waals surface area contributed by atoms with Crippen LogP contribution >= 0.6 is 0 Å². The summed E-state index contributed by atoms with van der Waals surface area (Å²) >= 11 is 0. The van der Waals surface area contributed by atoms with Crippen molar-refractivity contribution in [1.82, 2.24) is 14.8 Å². The van der Waals surface area contributed by atoms with Gasteiger partial charge < -0.3 is 9.64 Å². The van der Waals surface area contributed by atoms with Gasteiger partial charge in [-0.1, -0.05) is 36.4 Å². The third-order valence-corrected chi connectivity index (χ3v) is 8.01. The standard InChI is InChI=1S/C29H30N4O4S/c1-2-37-26-10-4-3-7-24(26)21-32-17-19-33(20-18-32)29(34)23-12-14-25(15-13-23)31-38(35,36)27-11-5-8-22-9-6-16-30-28(22)27/h3-16,31H,2,17-21H2,1H3. The Balaban J connectivity index is 1.20. The predicted octanol–water partition coefficient (Wildman–Crippen LogP) is 4.39. The van der Waals surface area contributed by atoms with Crippen LogP contribution in [0.15, 0.2) is 90.0 Å². The highest BCUT2D eigenvalue weighted by atomic mass is 32.2. The van der Waals surface area contributed by atoms with Crippen LogP contribution in [0.4, 0.5) is 5.69 Å². The normalized spacial score (nSPS) is 14.4. The number of piperazine rings is 1. The van der Waals surface area contributed by atoms with E-state index in [1.54, 1.807) is 42.6 Å². The molecular formula is C29H30N4O4S. The molecular weight excluding hydrogens is 500 g/mol. The first-order valence-corrected chi connectivity index (χ1v) is 14.1. The van der Waals surface area contributed by atoms with Crippen molar-refractivity contribution in [3.8, 4) is 5.75 Å². The van der Waals surface area contributed by atoms with Crippen molar-refractivity contribution in [2.45, 2.75) is 18.4 Å². The number of anilines is 1. The lowest BCUT2D eigenvalue weighted by molar-refractivity contribution is 0.0627. The van der Waals surface area contributed by atoms with Crippen LogP contribution < -0.4 is 9.46 Å². The van der Waals surface area contributed by atoms with E-state index in [4.69, 9.17) is 4.74 Å². The summed E-state index contributed by atoms with van der Waals surface area (Å²) in [7, 11) is -3.85. The number of benzene rings is 3. The van der Waals surface area contributed by atoms with Gasteiger partial charge in [0, 0.05) is 61.1 Å². The molecule has 0 radical (unpaired) electrons. The zero-order valence-corrected chi connectivity index (χ0v) is 22.0. The summed E-state index contributed by atoms with van der Waals surface area (Å²) in [4.78, 5) is 21.6. The number of nitrogens with one attached hydrogen (secondary N) is 1. The maximum atomic E-state index is 13.1. The van der Waals surface area contributed by atoms with Gasteiger partial charge in [-0.25, -0.2) is 8.42 Å². The van der Waals surface area contributed by atoms with E-state index in [0.717, 1.165) is 36.3 Å². The SMILES string of the molecule is CCOc1ccccc1CN1CCN(C(=O)c2ccc(NS(=O)(=O)c3cccc4cccnc34)cc2)CC1. The third kappa shape index (κ3) is 5.64. The van der Waals surface area contributed by atoms with E-state index >= 15 is 0 Å². The minimum absolute atomic E-state index is 0.0629. The Morgan fingerprint density at radius 1 is 0.921 bits per heavy atom. The summed E-state index contributed by atoms with van der Waals surface area (Å²) < 4.78 is 34.5. The highest BCUT2D eigenvalue weighted by Gasteiger charge is 2.23. The molecule has 1 aliphatic heterocycles. The van der Waals surface area contributed by atoms with Crippen LogP contribution in [-0.4, -0.2) is 61.9 Å². The van der Waals surface area contributed by atoms with Crippen molar-refractivity contribution in [2.24, 2.45) is 0 Å². The van der Waals surface area contributed by atoms with Crippen LogP contribution in [0.3, 0.4) is 0 Å². The fraction of sp³-hybridized carbons (Fsp3) is 0.241. The van der Waals surface area contributed by atoms with Crippen LogP contribution in [0.2, 0.25) is 0 Å². The van der Waals surface area contributed by atoms with Gasteiger partial charge in [0.15, 0.2) is 0 Å². The van der Waals surface area contributed by atoms with Gasteiger partial charge in [-0.05, 0) is 49.4 Å². The van der Waals surface area contributed by atoms with Crippen molar-refractivity contribution in [1.29, 1.82) is 0 Å². The molecule has 1 fully saturated rings. The van der Waals surface area contributed by atoms with Gasteiger partial charge in [-0.15, -0.1) is 0 Å². The predicted molar refractivity (Wildman–Crippen MR) is 148 cm³/mol. The number of nitrogens with zero attached hydrogens (tertiary/aromatic N) is 3. The number of hydrogen-bond acceptors (Lipinski definition) is 6. The van der Waals surface area contributed by atoms with E-state index in [0.29, 0.717) is 36.5 Å². The summed E-state index contributed by atoms with van der Waals surface area (Å²) in [6.45, 7) is 6.16. The quantitative estimate of drug-likeness (QED) is 0.363. The van der Waals surface area contributed by atoms with Crippen LogP contribution in [0.5, 0.6) is 5.75 Å². The first kappa shape index (κ1) is 25.7. The summed E-state index contributed by atoms with van der Waals surface area (Å²) in [6, 6.07) is 23.2. The zero-order valence-electron chi connectivity index (χ0n) is 21.2. The Labute approximate surface area is 222 Å². The Hall–Kier alpha value is -3.95. The number of fused-ring (bicyclic) bond motifs is 1. The van der Waals surface area contributed by atoms with E-state index in [2.05, 4.69) is 20.7 Å². The second kappa shape index (κ2) is 11.2. The molecule has 1 aliphatic rings. The Morgan fingerprint density at radius 3 is 2.42 bits per heavy atom. The van der Waals surface area contributed by atoms with E-state index in [-0.39, 0.29) is 10.8 Å². The fourth-order valence-corrected chi connectivity index (χ4v) is 5.89. The Kier molecular flexibility index (Phi) is 7.57. The second-order valence-corrected chi connectivity index (χ2v) is 10.8. The fourth-order valence-electron chi connectivity index (χ4n) is 4.65. The van der Waals surface area contributed by atoms with E-state index in [9.17, 15) is 13.2 Å². The average Bonchev–Trinajstić information content (AvgIpc) is 2.94. The smallest absolute Gasteiger partial charge is 0.264 e. The molecule has 8 nitrogen and oxygen atoms in total. The molecule has 5 rings (SSSR count). The summed E-state index contributed by atoms with van der Waals surface area (Å²) in [5, 5.41) is 0.745.